The Morgan fingerprint density at radius 2 is 1.67 bits per heavy atom. The Bertz CT molecular complexity index is 1440. The van der Waals surface area contributed by atoms with Crippen molar-refractivity contribution < 1.29 is 32.3 Å². The lowest BCUT2D eigenvalue weighted by atomic mass is 9.99. The van der Waals surface area contributed by atoms with E-state index in [1.54, 1.807) is 24.3 Å². The number of carbonyl (C=O) groups excluding carboxylic acids is 3. The highest BCUT2D eigenvalue weighted by Gasteiger charge is 2.32. The van der Waals surface area contributed by atoms with E-state index in [1.807, 2.05) is 37.3 Å². The zero-order valence-corrected chi connectivity index (χ0v) is 23.6. The monoisotopic (exact) mass is 594 g/mol. The van der Waals surface area contributed by atoms with Gasteiger partial charge in [0, 0.05) is 17.7 Å². The molecule has 3 N–H and O–H groups in total. The molecule has 0 aromatic heterocycles. The fraction of sp³-hybridized carbons (Fsp3) is 0.312. The molecular weight excluding hydrogens is 561 g/mol. The second kappa shape index (κ2) is 14.5. The summed E-state index contributed by atoms with van der Waals surface area (Å²) in [7, 11) is 0. The summed E-state index contributed by atoms with van der Waals surface area (Å²) in [6.45, 7) is 2.08. The fourth-order valence-electron chi connectivity index (χ4n) is 4.60. The molecule has 8 nitrogen and oxygen atoms in total. The predicted octanol–water partition coefficient (Wildman–Crippen LogP) is 6.06. The number of amides is 3. The average Bonchev–Trinajstić information content (AvgIpc) is 3.13. The predicted molar refractivity (Wildman–Crippen MR) is 156 cm³/mol. The largest absolute Gasteiger partial charge is 0.445 e. The maximum Gasteiger partial charge on any atom is 0.416 e. The number of hydrogen-bond acceptors (Lipinski definition) is 5. The third-order valence-corrected chi connectivity index (χ3v) is 6.94. The highest BCUT2D eigenvalue weighted by atomic mass is 19.4. The number of benzodiazepines with no additional fused rings is 1. The van der Waals surface area contributed by atoms with Crippen molar-refractivity contribution in [2.24, 2.45) is 10.9 Å². The first-order valence-corrected chi connectivity index (χ1v) is 14.1. The number of alkyl carbamates (subject to hydrolysis) is 1. The molecular formula is C32H33F3N4O4. The zero-order valence-electron chi connectivity index (χ0n) is 23.6. The van der Waals surface area contributed by atoms with Crippen molar-refractivity contribution >= 4 is 29.3 Å². The van der Waals surface area contributed by atoms with Gasteiger partial charge in [-0.05, 0) is 30.2 Å². The molecule has 1 heterocycles. The first-order valence-electron chi connectivity index (χ1n) is 14.1. The Labute approximate surface area is 247 Å². The number of nitrogens with zero attached hydrogens (tertiary/aromatic N) is 1. The van der Waals surface area contributed by atoms with Crippen molar-refractivity contribution in [1.82, 2.24) is 10.6 Å². The third-order valence-electron chi connectivity index (χ3n) is 6.94. The molecule has 43 heavy (non-hydrogen) atoms. The van der Waals surface area contributed by atoms with Crippen LogP contribution in [0.5, 0.6) is 0 Å². The molecule has 0 aliphatic carbocycles. The van der Waals surface area contributed by atoms with Gasteiger partial charge in [0.2, 0.25) is 12.1 Å². The molecule has 3 amide bonds. The number of benzene rings is 3. The van der Waals surface area contributed by atoms with Crippen LogP contribution in [-0.4, -0.2) is 36.3 Å². The van der Waals surface area contributed by atoms with E-state index in [2.05, 4.69) is 20.9 Å². The summed E-state index contributed by atoms with van der Waals surface area (Å²) in [4.78, 5) is 43.5. The molecule has 0 spiro atoms. The fourth-order valence-corrected chi connectivity index (χ4v) is 4.60. The van der Waals surface area contributed by atoms with E-state index in [0.29, 0.717) is 23.2 Å². The summed E-state index contributed by atoms with van der Waals surface area (Å²) in [5.74, 6) is -1.79. The van der Waals surface area contributed by atoms with Gasteiger partial charge in [-0.25, -0.2) is 9.79 Å². The van der Waals surface area contributed by atoms with Gasteiger partial charge in [0.1, 0.15) is 6.61 Å². The second-order valence-corrected chi connectivity index (χ2v) is 10.1. The van der Waals surface area contributed by atoms with E-state index in [-0.39, 0.29) is 18.9 Å². The van der Waals surface area contributed by atoms with Crippen LogP contribution in [-0.2, 0) is 27.1 Å². The summed E-state index contributed by atoms with van der Waals surface area (Å²) >= 11 is 0. The number of ether oxygens (including phenoxy) is 1. The normalized spacial score (nSPS) is 15.3. The number of aliphatic imine (C=N–C) groups is 1. The lowest BCUT2D eigenvalue weighted by Gasteiger charge is -2.20. The lowest BCUT2D eigenvalue weighted by molar-refractivity contribution is -0.137. The van der Waals surface area contributed by atoms with Crippen LogP contribution in [0.25, 0.3) is 0 Å². The van der Waals surface area contributed by atoms with Gasteiger partial charge >= 0.3 is 12.3 Å². The number of nitrogens with one attached hydrogen (secondary N) is 3. The minimum Gasteiger partial charge on any atom is -0.445 e. The van der Waals surface area contributed by atoms with Crippen molar-refractivity contribution in [2.75, 3.05) is 11.9 Å². The molecule has 1 aliphatic rings. The van der Waals surface area contributed by atoms with Crippen LogP contribution in [0.2, 0.25) is 0 Å². The smallest absolute Gasteiger partial charge is 0.416 e. The molecule has 1 aliphatic heterocycles. The summed E-state index contributed by atoms with van der Waals surface area (Å²) in [6, 6.07) is 20.4. The van der Waals surface area contributed by atoms with Gasteiger partial charge in [-0.1, -0.05) is 86.8 Å². The number of halogens is 3. The number of para-hydroxylation sites is 1. The van der Waals surface area contributed by atoms with Crippen LogP contribution in [0.4, 0.5) is 23.7 Å². The molecule has 11 heteroatoms. The number of fused-ring (bicyclic) bond motifs is 1. The number of alkyl halides is 3. The Hall–Kier alpha value is -4.67. The van der Waals surface area contributed by atoms with Crippen molar-refractivity contribution in [1.29, 1.82) is 0 Å². The number of anilines is 1. The van der Waals surface area contributed by atoms with Gasteiger partial charge in [0.05, 0.1) is 22.9 Å². The van der Waals surface area contributed by atoms with Gasteiger partial charge in [0.15, 0.2) is 0 Å². The van der Waals surface area contributed by atoms with Crippen LogP contribution in [0, 0.1) is 5.92 Å². The van der Waals surface area contributed by atoms with Crippen LogP contribution >= 0.6 is 0 Å². The van der Waals surface area contributed by atoms with E-state index in [0.717, 1.165) is 37.0 Å². The van der Waals surface area contributed by atoms with Gasteiger partial charge in [-0.2, -0.15) is 13.2 Å². The first-order chi connectivity index (χ1) is 20.7. The number of hydrogen-bond donors (Lipinski definition) is 3. The third kappa shape index (κ3) is 8.67. The molecule has 0 bridgehead atoms. The quantitative estimate of drug-likeness (QED) is 0.235. The Balaban J connectivity index is 1.51. The summed E-state index contributed by atoms with van der Waals surface area (Å²) in [5.41, 5.74) is 1.50. The minimum absolute atomic E-state index is 0.0206. The lowest BCUT2D eigenvalue weighted by Crippen LogP contribution is -2.47. The van der Waals surface area contributed by atoms with E-state index in [4.69, 9.17) is 4.74 Å². The molecule has 2 atom stereocenters. The topological polar surface area (TPSA) is 109 Å². The highest BCUT2D eigenvalue weighted by Crippen LogP contribution is 2.30. The summed E-state index contributed by atoms with van der Waals surface area (Å²) < 4.78 is 44.8. The number of unbranched alkanes of at least 4 members (excludes halogenated alkanes) is 2. The van der Waals surface area contributed by atoms with E-state index >= 15 is 0 Å². The molecule has 4 rings (SSSR count). The highest BCUT2D eigenvalue weighted by molar-refractivity contribution is 6.19. The van der Waals surface area contributed by atoms with Crippen molar-refractivity contribution in [3.05, 3.63) is 101 Å². The summed E-state index contributed by atoms with van der Waals surface area (Å²) in [5, 5.41) is 8.06. The summed E-state index contributed by atoms with van der Waals surface area (Å²) in [6.07, 6.45) is -3.59. The number of carbonyl (C=O) groups is 3. The molecule has 0 radical (unpaired) electrons. The Morgan fingerprint density at radius 3 is 2.37 bits per heavy atom. The number of rotatable bonds is 11. The maximum atomic E-state index is 13.4. The Morgan fingerprint density at radius 1 is 0.977 bits per heavy atom. The SMILES string of the molecule is CCCCC[C@@H](CNC(=O)OCc1ccccc1)C(=O)NC1N=C(c2ccc(C(F)(F)F)cc2)c2ccccc2NC1=O. The zero-order chi connectivity index (χ0) is 30.8. The first kappa shape index (κ1) is 31.3. The molecule has 1 unspecified atom stereocenters. The molecule has 226 valence electrons. The van der Waals surface area contributed by atoms with Gasteiger partial charge in [-0.15, -0.1) is 0 Å². The standard InChI is InChI=1S/C32H33F3N4O4/c1-2-3-5-12-23(19-36-31(42)43-20-21-10-6-4-7-11-21)29(40)39-28-30(41)37-26-14-9-8-13-25(26)27(38-28)22-15-17-24(18-16-22)32(33,34)35/h4,6-11,13-18,23,28H,2-3,5,12,19-20H2,1H3,(H,36,42)(H,37,41)(H,39,40)/t23-,28?/m0/s1. The maximum absolute atomic E-state index is 13.4. The van der Waals surface area contributed by atoms with Gasteiger partial charge in [-0.3, -0.25) is 9.59 Å². The van der Waals surface area contributed by atoms with Crippen LogP contribution in [0.15, 0.2) is 83.9 Å². The minimum atomic E-state index is -4.51. The molecule has 0 saturated carbocycles. The van der Waals surface area contributed by atoms with E-state index < -0.39 is 41.7 Å². The molecule has 3 aromatic carbocycles. The Kier molecular flexibility index (Phi) is 10.5. The molecule has 0 fully saturated rings. The van der Waals surface area contributed by atoms with E-state index in [1.165, 1.54) is 12.1 Å². The van der Waals surface area contributed by atoms with Crippen molar-refractivity contribution in [3.8, 4) is 0 Å². The van der Waals surface area contributed by atoms with Gasteiger partial charge < -0.3 is 20.7 Å². The van der Waals surface area contributed by atoms with E-state index in [9.17, 15) is 27.6 Å². The second-order valence-electron chi connectivity index (χ2n) is 10.1. The molecule has 3 aromatic rings. The van der Waals surface area contributed by atoms with Crippen LogP contribution in [0.3, 0.4) is 0 Å². The van der Waals surface area contributed by atoms with Gasteiger partial charge in [0.25, 0.3) is 5.91 Å². The molecule has 0 saturated heterocycles. The van der Waals surface area contributed by atoms with Crippen LogP contribution < -0.4 is 16.0 Å². The van der Waals surface area contributed by atoms with Crippen molar-refractivity contribution in [2.45, 2.75) is 51.6 Å². The van der Waals surface area contributed by atoms with Crippen molar-refractivity contribution in [3.63, 3.8) is 0 Å². The van der Waals surface area contributed by atoms with Crippen LogP contribution in [0.1, 0.15) is 54.9 Å². The average molecular weight is 595 g/mol.